The highest BCUT2D eigenvalue weighted by Crippen LogP contribution is 1.54. The van der Waals surface area contributed by atoms with Gasteiger partial charge in [-0.05, 0) is 6.42 Å². The van der Waals surface area contributed by atoms with Gasteiger partial charge >= 0.3 is 0 Å². The van der Waals surface area contributed by atoms with Gasteiger partial charge in [0, 0.05) is 0 Å². The van der Waals surface area contributed by atoms with E-state index in [1.54, 1.807) is 0 Å². The smallest absolute Gasteiger partial charge is 0.0737 e. The molecule has 0 atom stereocenters. The molecule has 0 aliphatic heterocycles. The molecule has 0 saturated carbocycles. The van der Waals surface area contributed by atoms with Gasteiger partial charge in [0.05, 0.1) is 6.54 Å². The molecule has 0 aromatic heterocycles. The van der Waals surface area contributed by atoms with Crippen molar-refractivity contribution in [2.24, 2.45) is 0 Å². The fraction of sp³-hybridized carbons (Fsp3) is 0.750. The quantitative estimate of drug-likeness (QED) is 0.428. The molecule has 34 valence electrons. The van der Waals surface area contributed by atoms with Gasteiger partial charge in [0.25, 0.3) is 0 Å². The Morgan fingerprint density at radius 3 is 1.80 bits per heavy atom. The van der Waals surface area contributed by atoms with Gasteiger partial charge in [0.1, 0.15) is 0 Å². The predicted molar refractivity (Wildman–Crippen MR) is 24.5 cm³/mol. The number of hydrogen-bond acceptors (Lipinski definition) is 0. The Kier molecular flexibility index (Phi) is 16.0. The van der Waals surface area contributed by atoms with E-state index in [1.807, 2.05) is 0 Å². The van der Waals surface area contributed by atoms with Gasteiger partial charge < -0.3 is 13.2 Å². The Labute approximate surface area is 34.2 Å². The molecule has 5 heavy (non-hydrogen) atoms. The molecule has 0 amide bonds. The van der Waals surface area contributed by atoms with E-state index in [4.69, 9.17) is 0 Å². The maximum atomic E-state index is 3.60. The number of hydrogen-bond donors (Lipinski definition) is 1. The SMILES string of the molecule is CCC[NH3+].[CH3-]. The van der Waals surface area contributed by atoms with Crippen LogP contribution < -0.4 is 5.73 Å². The molecular weight excluding hydrogens is 62.1 g/mol. The van der Waals surface area contributed by atoms with E-state index >= 15 is 0 Å². The van der Waals surface area contributed by atoms with E-state index in [9.17, 15) is 0 Å². The lowest BCUT2D eigenvalue weighted by atomic mass is 10.5. The summed E-state index contributed by atoms with van der Waals surface area (Å²) in [4.78, 5) is 0. The first-order valence-electron chi connectivity index (χ1n) is 1.71. The van der Waals surface area contributed by atoms with E-state index in [0.717, 1.165) is 6.54 Å². The minimum atomic E-state index is 0. The molecule has 0 heterocycles. The zero-order valence-corrected chi connectivity index (χ0v) is 4.12. The fourth-order valence-corrected chi connectivity index (χ4v) is 0. The van der Waals surface area contributed by atoms with Crippen LogP contribution in [0, 0.1) is 7.43 Å². The van der Waals surface area contributed by atoms with Crippen molar-refractivity contribution in [3.63, 3.8) is 0 Å². The third-order valence-electron chi connectivity index (χ3n) is 0.354. The summed E-state index contributed by atoms with van der Waals surface area (Å²) in [5.41, 5.74) is 3.60. The van der Waals surface area contributed by atoms with Gasteiger partial charge in [-0.25, -0.2) is 0 Å². The van der Waals surface area contributed by atoms with Crippen LogP contribution in [0.5, 0.6) is 0 Å². The molecule has 1 nitrogen and oxygen atoms in total. The van der Waals surface area contributed by atoms with Crippen LogP contribution >= 0.6 is 0 Å². The van der Waals surface area contributed by atoms with Crippen molar-refractivity contribution >= 4 is 0 Å². The van der Waals surface area contributed by atoms with Crippen molar-refractivity contribution in [2.75, 3.05) is 6.54 Å². The summed E-state index contributed by atoms with van der Waals surface area (Å²) in [6, 6.07) is 0. The maximum absolute atomic E-state index is 3.60. The Bertz CT molecular complexity index is 5.61. The Morgan fingerprint density at radius 1 is 1.60 bits per heavy atom. The lowest BCUT2D eigenvalue weighted by molar-refractivity contribution is -0.367. The first-order chi connectivity index (χ1) is 1.91. The molecule has 0 saturated heterocycles. The third-order valence-corrected chi connectivity index (χ3v) is 0.354. The van der Waals surface area contributed by atoms with Crippen molar-refractivity contribution in [1.82, 2.24) is 0 Å². The minimum Gasteiger partial charge on any atom is -0.358 e. The molecule has 0 spiro atoms. The van der Waals surface area contributed by atoms with Crippen LogP contribution in [0.3, 0.4) is 0 Å². The second-order valence-corrected chi connectivity index (χ2v) is 0.854. The molecular formula is C4H13N. The van der Waals surface area contributed by atoms with Crippen LogP contribution in [0.1, 0.15) is 13.3 Å². The van der Waals surface area contributed by atoms with Crippen molar-refractivity contribution < 1.29 is 5.73 Å². The summed E-state index contributed by atoms with van der Waals surface area (Å²) < 4.78 is 0. The summed E-state index contributed by atoms with van der Waals surface area (Å²) >= 11 is 0. The average Bonchev–Trinajstić information content (AvgIpc) is 1.37. The molecule has 0 unspecified atom stereocenters. The van der Waals surface area contributed by atoms with E-state index in [-0.39, 0.29) is 7.43 Å². The lowest BCUT2D eigenvalue weighted by Gasteiger charge is -1.66. The summed E-state index contributed by atoms with van der Waals surface area (Å²) in [6.45, 7) is 3.19. The van der Waals surface area contributed by atoms with Crippen molar-refractivity contribution in [3.8, 4) is 0 Å². The fourth-order valence-electron chi connectivity index (χ4n) is 0. The summed E-state index contributed by atoms with van der Waals surface area (Å²) in [5.74, 6) is 0. The Hall–Kier alpha value is -0.0400. The molecule has 3 N–H and O–H groups in total. The maximum Gasteiger partial charge on any atom is 0.0737 e. The molecule has 0 bridgehead atoms. The normalized spacial score (nSPS) is 6.00. The summed E-state index contributed by atoms with van der Waals surface area (Å²) in [6.07, 6.45) is 1.21. The first kappa shape index (κ1) is 8.88. The van der Waals surface area contributed by atoms with Gasteiger partial charge in [-0.3, -0.25) is 0 Å². The van der Waals surface area contributed by atoms with E-state index in [0.29, 0.717) is 0 Å². The molecule has 1 heteroatoms. The zero-order valence-electron chi connectivity index (χ0n) is 4.12. The molecule has 0 aromatic rings. The zero-order chi connectivity index (χ0) is 3.41. The highest BCUT2D eigenvalue weighted by atomic mass is 14.5. The van der Waals surface area contributed by atoms with Crippen molar-refractivity contribution in [2.45, 2.75) is 13.3 Å². The highest BCUT2D eigenvalue weighted by molar-refractivity contribution is 4.07. The molecule has 0 radical (unpaired) electrons. The van der Waals surface area contributed by atoms with Crippen LogP contribution in [-0.4, -0.2) is 6.54 Å². The van der Waals surface area contributed by atoms with E-state index < -0.39 is 0 Å². The van der Waals surface area contributed by atoms with Crippen LogP contribution in [0.2, 0.25) is 0 Å². The largest absolute Gasteiger partial charge is 0.358 e. The Balaban J connectivity index is 0. The summed E-state index contributed by atoms with van der Waals surface area (Å²) in [7, 11) is 0. The molecule has 0 rings (SSSR count). The third kappa shape index (κ3) is 16.5. The number of quaternary nitrogens is 1. The van der Waals surface area contributed by atoms with Crippen molar-refractivity contribution in [1.29, 1.82) is 0 Å². The Morgan fingerprint density at radius 2 is 1.80 bits per heavy atom. The van der Waals surface area contributed by atoms with Crippen LogP contribution in [0.4, 0.5) is 0 Å². The second kappa shape index (κ2) is 9.03. The molecule has 0 aromatic carbocycles. The van der Waals surface area contributed by atoms with Gasteiger partial charge in [-0.15, -0.1) is 0 Å². The van der Waals surface area contributed by atoms with Crippen LogP contribution in [-0.2, 0) is 0 Å². The monoisotopic (exact) mass is 75.1 g/mol. The molecule has 0 aliphatic rings. The highest BCUT2D eigenvalue weighted by Gasteiger charge is 1.59. The first-order valence-corrected chi connectivity index (χ1v) is 1.71. The van der Waals surface area contributed by atoms with E-state index in [1.165, 1.54) is 6.42 Å². The summed E-state index contributed by atoms with van der Waals surface area (Å²) in [5, 5.41) is 0. The van der Waals surface area contributed by atoms with Crippen LogP contribution in [0.15, 0.2) is 0 Å². The second-order valence-electron chi connectivity index (χ2n) is 0.854. The lowest BCUT2D eigenvalue weighted by Crippen LogP contribution is -2.49. The minimum absolute atomic E-state index is 0. The van der Waals surface area contributed by atoms with Gasteiger partial charge in [-0.1, -0.05) is 6.92 Å². The standard InChI is InChI=1S/C3H9N.CH3/c1-2-3-4;/h2-4H2,1H3;1H3/q;-1/p+1. The predicted octanol–water partition coefficient (Wildman–Crippen LogP) is 0.0886. The topological polar surface area (TPSA) is 27.6 Å². The van der Waals surface area contributed by atoms with Crippen molar-refractivity contribution in [3.05, 3.63) is 7.43 Å². The van der Waals surface area contributed by atoms with Gasteiger partial charge in [0.15, 0.2) is 0 Å². The average molecular weight is 75.2 g/mol. The van der Waals surface area contributed by atoms with E-state index in [2.05, 4.69) is 12.7 Å². The van der Waals surface area contributed by atoms with Gasteiger partial charge in [-0.2, -0.15) is 0 Å². The van der Waals surface area contributed by atoms with Crippen LogP contribution in [0.25, 0.3) is 0 Å². The molecule has 0 aliphatic carbocycles. The number of rotatable bonds is 1. The van der Waals surface area contributed by atoms with Gasteiger partial charge in [0.2, 0.25) is 0 Å². The molecule has 0 fully saturated rings.